The topological polar surface area (TPSA) is 96.5 Å². The van der Waals surface area contributed by atoms with Crippen molar-refractivity contribution >= 4 is 28.6 Å². The van der Waals surface area contributed by atoms with Crippen molar-refractivity contribution in [3.05, 3.63) is 35.9 Å². The monoisotopic (exact) mass is 287 g/mol. The van der Waals surface area contributed by atoms with Crippen molar-refractivity contribution in [1.29, 1.82) is 0 Å². The highest BCUT2D eigenvalue weighted by Gasteiger charge is 2.33. The molecule has 0 saturated heterocycles. The fourth-order valence-corrected chi connectivity index (χ4v) is 1.97. The maximum Gasteiger partial charge on any atom is 0.328 e. The van der Waals surface area contributed by atoms with E-state index in [1.54, 1.807) is 45.2 Å². The number of rotatable bonds is 4. The lowest BCUT2D eigenvalue weighted by atomic mass is 10.0. The number of carboxylic acids is 1. The van der Waals surface area contributed by atoms with Crippen LogP contribution in [0.3, 0.4) is 0 Å². The summed E-state index contributed by atoms with van der Waals surface area (Å²) < 4.78 is 0. The molecule has 1 amide bonds. The molecule has 3 N–H and O–H groups in total. The van der Waals surface area contributed by atoms with Crippen molar-refractivity contribution in [2.24, 2.45) is 5.73 Å². The first-order valence-electron chi connectivity index (χ1n) is 6.42. The van der Waals surface area contributed by atoms with Gasteiger partial charge in [-0.2, -0.15) is 0 Å². The van der Waals surface area contributed by atoms with Gasteiger partial charge in [-0.25, -0.2) is 9.78 Å². The first-order valence-corrected chi connectivity index (χ1v) is 6.42. The lowest BCUT2D eigenvalue weighted by Crippen LogP contribution is -2.48. The third kappa shape index (κ3) is 2.52. The Kier molecular flexibility index (Phi) is 3.55. The summed E-state index contributed by atoms with van der Waals surface area (Å²) >= 11 is 0. The van der Waals surface area contributed by atoms with Gasteiger partial charge >= 0.3 is 5.97 Å². The molecule has 2 rings (SSSR count). The van der Waals surface area contributed by atoms with Gasteiger partial charge in [0.2, 0.25) is 5.91 Å². The number of aromatic nitrogens is 1. The number of nitrogens with zero attached hydrogens (tertiary/aromatic N) is 2. The minimum absolute atomic E-state index is 0.323. The Labute approximate surface area is 122 Å². The highest BCUT2D eigenvalue weighted by atomic mass is 16.4. The Balaban J connectivity index is 2.66. The maximum absolute atomic E-state index is 11.6. The van der Waals surface area contributed by atoms with E-state index in [4.69, 9.17) is 5.73 Å². The highest BCUT2D eigenvalue weighted by molar-refractivity contribution is 6.06. The largest absolute Gasteiger partial charge is 0.480 e. The average molecular weight is 287 g/mol. The molecule has 0 aliphatic rings. The quantitative estimate of drug-likeness (QED) is 0.891. The Morgan fingerprint density at radius 1 is 1.29 bits per heavy atom. The Bertz CT molecular complexity index is 725. The van der Waals surface area contributed by atoms with Gasteiger partial charge in [0.15, 0.2) is 0 Å². The number of primary amides is 1. The number of anilines is 1. The van der Waals surface area contributed by atoms with Crippen LogP contribution >= 0.6 is 0 Å². The summed E-state index contributed by atoms with van der Waals surface area (Å²) in [5, 5.41) is 9.95. The zero-order valence-corrected chi connectivity index (χ0v) is 12.1. The number of carboxylic acid groups (broad SMARTS) is 1. The minimum Gasteiger partial charge on any atom is -0.480 e. The number of hydrogen-bond acceptors (Lipinski definition) is 4. The molecule has 1 aromatic carbocycles. The summed E-state index contributed by atoms with van der Waals surface area (Å²) in [6.07, 6.45) is 0. The molecule has 2 aromatic rings. The molecule has 0 atom stereocenters. The van der Waals surface area contributed by atoms with E-state index < -0.39 is 17.4 Å². The van der Waals surface area contributed by atoms with E-state index in [1.165, 1.54) is 11.0 Å². The second-order valence-corrected chi connectivity index (χ2v) is 5.33. The standard InChI is InChI=1S/C15H17N3O3/c1-15(2,14(20)21)18(3)12-8-10(13(16)19)9-6-4-5-7-11(9)17-12/h4-8H,1-3H3,(H2,16,19)(H,20,21). The predicted octanol–water partition coefficient (Wildman–Crippen LogP) is 1.63. The summed E-state index contributed by atoms with van der Waals surface area (Å²) in [7, 11) is 1.62. The van der Waals surface area contributed by atoms with Gasteiger partial charge in [0, 0.05) is 12.4 Å². The van der Waals surface area contributed by atoms with Crippen LogP contribution in [-0.2, 0) is 4.79 Å². The van der Waals surface area contributed by atoms with E-state index in [0.29, 0.717) is 22.3 Å². The van der Waals surface area contributed by atoms with Gasteiger partial charge in [-0.05, 0) is 26.0 Å². The summed E-state index contributed by atoms with van der Waals surface area (Å²) in [6.45, 7) is 3.13. The predicted molar refractivity (Wildman–Crippen MR) is 80.4 cm³/mol. The van der Waals surface area contributed by atoms with Crippen molar-refractivity contribution in [2.75, 3.05) is 11.9 Å². The van der Waals surface area contributed by atoms with Crippen molar-refractivity contribution in [3.8, 4) is 0 Å². The lowest BCUT2D eigenvalue weighted by Gasteiger charge is -2.32. The molecule has 0 aliphatic carbocycles. The van der Waals surface area contributed by atoms with E-state index >= 15 is 0 Å². The van der Waals surface area contributed by atoms with Crippen molar-refractivity contribution in [2.45, 2.75) is 19.4 Å². The van der Waals surface area contributed by atoms with Crippen LogP contribution in [0.5, 0.6) is 0 Å². The molecule has 0 aliphatic heterocycles. The number of fused-ring (bicyclic) bond motifs is 1. The van der Waals surface area contributed by atoms with E-state index in [9.17, 15) is 14.7 Å². The second-order valence-electron chi connectivity index (χ2n) is 5.33. The van der Waals surface area contributed by atoms with Crippen LogP contribution in [0, 0.1) is 0 Å². The maximum atomic E-state index is 11.6. The van der Waals surface area contributed by atoms with E-state index in [1.807, 2.05) is 0 Å². The fourth-order valence-electron chi connectivity index (χ4n) is 1.97. The van der Waals surface area contributed by atoms with Crippen LogP contribution < -0.4 is 10.6 Å². The summed E-state index contributed by atoms with van der Waals surface area (Å²) in [5.74, 6) is -1.17. The highest BCUT2D eigenvalue weighted by Crippen LogP contribution is 2.26. The molecule has 6 nitrogen and oxygen atoms in total. The van der Waals surface area contributed by atoms with Gasteiger partial charge in [0.25, 0.3) is 0 Å². The Hall–Kier alpha value is -2.63. The minimum atomic E-state index is -1.16. The van der Waals surface area contributed by atoms with Crippen molar-refractivity contribution < 1.29 is 14.7 Å². The molecular formula is C15H17N3O3. The van der Waals surface area contributed by atoms with Crippen molar-refractivity contribution in [1.82, 2.24) is 4.98 Å². The summed E-state index contributed by atoms with van der Waals surface area (Å²) in [6, 6.07) is 8.63. The molecule has 21 heavy (non-hydrogen) atoms. The van der Waals surface area contributed by atoms with Gasteiger partial charge < -0.3 is 15.7 Å². The molecule has 6 heteroatoms. The summed E-state index contributed by atoms with van der Waals surface area (Å²) in [4.78, 5) is 28.9. The number of pyridine rings is 1. The van der Waals surface area contributed by atoms with Crippen LogP contribution in [0.1, 0.15) is 24.2 Å². The van der Waals surface area contributed by atoms with Gasteiger partial charge in [-0.1, -0.05) is 18.2 Å². The number of aliphatic carboxylic acids is 1. The smallest absolute Gasteiger partial charge is 0.328 e. The molecule has 0 unspecified atom stereocenters. The number of carbonyl (C=O) groups is 2. The number of carbonyl (C=O) groups excluding carboxylic acids is 1. The molecule has 0 radical (unpaired) electrons. The molecule has 0 bridgehead atoms. The zero-order chi connectivity index (χ0) is 15.8. The number of para-hydroxylation sites is 1. The zero-order valence-electron chi connectivity index (χ0n) is 12.1. The lowest BCUT2D eigenvalue weighted by molar-refractivity contribution is -0.142. The van der Waals surface area contributed by atoms with E-state index in [-0.39, 0.29) is 0 Å². The Morgan fingerprint density at radius 2 is 1.90 bits per heavy atom. The van der Waals surface area contributed by atoms with E-state index in [2.05, 4.69) is 4.98 Å². The fraction of sp³-hybridized carbons (Fsp3) is 0.267. The normalized spacial score (nSPS) is 11.4. The van der Waals surface area contributed by atoms with Gasteiger partial charge in [-0.3, -0.25) is 4.79 Å². The van der Waals surface area contributed by atoms with Gasteiger partial charge in [0.05, 0.1) is 11.1 Å². The molecule has 0 saturated carbocycles. The molecule has 1 heterocycles. The third-order valence-corrected chi connectivity index (χ3v) is 3.67. The molecule has 0 fully saturated rings. The first kappa shape index (κ1) is 14.8. The number of hydrogen-bond donors (Lipinski definition) is 2. The third-order valence-electron chi connectivity index (χ3n) is 3.67. The SMILES string of the molecule is CN(c1cc(C(N)=O)c2ccccc2n1)C(C)(C)C(=O)O. The summed E-state index contributed by atoms with van der Waals surface area (Å²) in [5.41, 5.74) is 5.17. The second kappa shape index (κ2) is 5.05. The number of benzene rings is 1. The van der Waals surface area contributed by atoms with Gasteiger partial charge in [0.1, 0.15) is 11.4 Å². The number of amides is 1. The molecular weight excluding hydrogens is 270 g/mol. The van der Waals surface area contributed by atoms with Crippen LogP contribution in [0.25, 0.3) is 10.9 Å². The Morgan fingerprint density at radius 3 is 2.48 bits per heavy atom. The van der Waals surface area contributed by atoms with Gasteiger partial charge in [-0.15, -0.1) is 0 Å². The number of likely N-dealkylation sites (N-methyl/N-ethyl adjacent to an activating group) is 1. The van der Waals surface area contributed by atoms with E-state index in [0.717, 1.165) is 0 Å². The van der Waals surface area contributed by atoms with Crippen LogP contribution in [-0.4, -0.2) is 34.6 Å². The van der Waals surface area contributed by atoms with Crippen molar-refractivity contribution in [3.63, 3.8) is 0 Å². The number of nitrogens with two attached hydrogens (primary N) is 1. The molecule has 1 aromatic heterocycles. The van der Waals surface area contributed by atoms with Crippen LogP contribution in [0.15, 0.2) is 30.3 Å². The average Bonchev–Trinajstić information content (AvgIpc) is 2.44. The van der Waals surface area contributed by atoms with Crippen LogP contribution in [0.2, 0.25) is 0 Å². The first-order chi connectivity index (χ1) is 9.75. The molecule has 110 valence electrons. The van der Waals surface area contributed by atoms with Crippen LogP contribution in [0.4, 0.5) is 5.82 Å². The molecule has 0 spiro atoms.